The number of likely N-dealkylation sites (N-methyl/N-ethyl adjacent to an activating group) is 2. The summed E-state index contributed by atoms with van der Waals surface area (Å²) in [7, 11) is 3.93. The van der Waals surface area contributed by atoms with E-state index in [0.29, 0.717) is 31.0 Å². The molecule has 33 heavy (non-hydrogen) atoms. The molecule has 3 aliphatic rings. The number of nitrogens with one attached hydrogen (secondary N) is 1. The minimum atomic E-state index is -1.16. The first-order valence-corrected chi connectivity index (χ1v) is 11.1. The Morgan fingerprint density at radius 2 is 1.82 bits per heavy atom. The SMILES string of the molecule is CN1C/C(=C\c2ccco2)C(=O)[C@]2(C1)[C@@H](c1ccco1)CN(C)[C@@]21C(=O)Nc2ccccc21. The zero-order chi connectivity index (χ0) is 22.8. The number of ketones is 1. The lowest BCUT2D eigenvalue weighted by molar-refractivity contribution is -0.146. The van der Waals surface area contributed by atoms with E-state index >= 15 is 0 Å². The van der Waals surface area contributed by atoms with Crippen molar-refractivity contribution in [2.24, 2.45) is 5.41 Å². The van der Waals surface area contributed by atoms with Crippen LogP contribution < -0.4 is 5.32 Å². The highest BCUT2D eigenvalue weighted by molar-refractivity contribution is 6.15. The molecule has 0 bridgehead atoms. The summed E-state index contributed by atoms with van der Waals surface area (Å²) in [4.78, 5) is 32.7. The van der Waals surface area contributed by atoms with Crippen LogP contribution >= 0.6 is 0 Å². The number of amides is 1. The summed E-state index contributed by atoms with van der Waals surface area (Å²) >= 11 is 0. The van der Waals surface area contributed by atoms with Crippen LogP contribution in [-0.2, 0) is 15.1 Å². The lowest BCUT2D eigenvalue weighted by atomic mass is 9.57. The standard InChI is InChI=1S/C26H25N3O4/c1-28-14-17(13-18-7-5-11-32-18)23(30)25(16-28)20(22-10-6-12-33-22)15-29(2)26(25)19-8-3-4-9-21(19)27-24(26)31/h3-13,20H,14-16H2,1-2H3,(H,27,31)/b17-13+/t20-,25+,26+/m1/s1. The number of fused-ring (bicyclic) bond motifs is 3. The number of para-hydroxylation sites is 1. The summed E-state index contributed by atoms with van der Waals surface area (Å²) < 4.78 is 11.4. The first kappa shape index (κ1) is 20.2. The van der Waals surface area contributed by atoms with E-state index in [1.165, 1.54) is 0 Å². The molecule has 2 fully saturated rings. The fraction of sp³-hybridized carbons (Fsp3) is 0.308. The fourth-order valence-electron chi connectivity index (χ4n) is 6.45. The molecular weight excluding hydrogens is 418 g/mol. The smallest absolute Gasteiger partial charge is 0.250 e. The molecule has 0 radical (unpaired) electrons. The van der Waals surface area contributed by atoms with Crippen molar-refractivity contribution in [2.75, 3.05) is 39.0 Å². The average molecular weight is 444 g/mol. The van der Waals surface area contributed by atoms with E-state index in [2.05, 4.69) is 10.2 Å². The number of hydrogen-bond donors (Lipinski definition) is 1. The van der Waals surface area contributed by atoms with E-state index in [1.807, 2.05) is 67.5 Å². The van der Waals surface area contributed by atoms with Gasteiger partial charge in [-0.25, -0.2) is 0 Å². The number of carbonyl (C=O) groups is 2. The second kappa shape index (κ2) is 7.04. The van der Waals surface area contributed by atoms with Crippen LogP contribution in [0.1, 0.15) is 23.0 Å². The number of carbonyl (C=O) groups excluding carboxylic acids is 2. The molecule has 7 nitrogen and oxygen atoms in total. The van der Waals surface area contributed by atoms with Crippen molar-refractivity contribution < 1.29 is 18.4 Å². The number of piperidine rings is 1. The van der Waals surface area contributed by atoms with Crippen molar-refractivity contribution in [1.29, 1.82) is 0 Å². The Hall–Kier alpha value is -3.42. The van der Waals surface area contributed by atoms with Gasteiger partial charge in [0.25, 0.3) is 5.91 Å². The van der Waals surface area contributed by atoms with Crippen LogP contribution in [0, 0.1) is 5.41 Å². The van der Waals surface area contributed by atoms with Crippen LogP contribution in [0.4, 0.5) is 5.69 Å². The van der Waals surface area contributed by atoms with Crippen LogP contribution in [-0.4, -0.2) is 55.2 Å². The molecule has 5 heterocycles. The van der Waals surface area contributed by atoms with Gasteiger partial charge in [0, 0.05) is 42.4 Å². The van der Waals surface area contributed by atoms with Gasteiger partial charge in [0.1, 0.15) is 17.1 Å². The summed E-state index contributed by atoms with van der Waals surface area (Å²) in [6.45, 7) is 1.43. The third-order valence-electron chi connectivity index (χ3n) is 7.57. The van der Waals surface area contributed by atoms with Gasteiger partial charge in [-0.1, -0.05) is 18.2 Å². The normalized spacial score (nSPS) is 31.1. The van der Waals surface area contributed by atoms with Crippen molar-refractivity contribution in [3.8, 4) is 0 Å². The number of furan rings is 2. The number of rotatable bonds is 2. The Morgan fingerprint density at radius 3 is 2.58 bits per heavy atom. The van der Waals surface area contributed by atoms with Gasteiger partial charge in [0.05, 0.1) is 17.9 Å². The van der Waals surface area contributed by atoms with Crippen LogP contribution in [0.5, 0.6) is 0 Å². The minimum absolute atomic E-state index is 0.0328. The van der Waals surface area contributed by atoms with Crippen LogP contribution in [0.15, 0.2) is 75.5 Å². The molecule has 3 aromatic rings. The summed E-state index contributed by atoms with van der Waals surface area (Å²) in [5.41, 5.74) is -0.0161. The lowest BCUT2D eigenvalue weighted by Gasteiger charge is -2.50. The van der Waals surface area contributed by atoms with Crippen LogP contribution in [0.2, 0.25) is 0 Å². The van der Waals surface area contributed by atoms with Crippen LogP contribution in [0.3, 0.4) is 0 Å². The number of nitrogens with zero attached hydrogens (tertiary/aromatic N) is 2. The number of anilines is 1. The lowest BCUT2D eigenvalue weighted by Crippen LogP contribution is -2.65. The van der Waals surface area contributed by atoms with Crippen molar-refractivity contribution in [2.45, 2.75) is 11.5 Å². The third kappa shape index (κ3) is 2.52. The van der Waals surface area contributed by atoms with Crippen LogP contribution in [0.25, 0.3) is 6.08 Å². The minimum Gasteiger partial charge on any atom is -0.469 e. The molecule has 2 spiro atoms. The van der Waals surface area contributed by atoms with E-state index in [4.69, 9.17) is 8.83 Å². The van der Waals surface area contributed by atoms with Crippen molar-refractivity contribution in [3.63, 3.8) is 0 Å². The predicted molar refractivity (Wildman–Crippen MR) is 122 cm³/mol. The van der Waals surface area contributed by atoms with Gasteiger partial charge < -0.3 is 19.1 Å². The molecule has 0 aliphatic carbocycles. The molecular formula is C26H25N3O4. The monoisotopic (exact) mass is 443 g/mol. The maximum absolute atomic E-state index is 14.6. The highest BCUT2D eigenvalue weighted by Gasteiger charge is 2.75. The molecule has 3 aliphatic heterocycles. The highest BCUT2D eigenvalue weighted by atomic mass is 16.3. The van der Waals surface area contributed by atoms with E-state index in [9.17, 15) is 9.59 Å². The molecule has 7 heteroatoms. The summed E-state index contributed by atoms with van der Waals surface area (Å²) in [5, 5.41) is 3.07. The maximum atomic E-state index is 14.6. The molecule has 1 amide bonds. The zero-order valence-corrected chi connectivity index (χ0v) is 18.6. The van der Waals surface area contributed by atoms with Gasteiger partial charge in [-0.15, -0.1) is 0 Å². The number of likely N-dealkylation sites (tertiary alicyclic amines) is 2. The topological polar surface area (TPSA) is 78.9 Å². The first-order chi connectivity index (χ1) is 16.0. The molecule has 0 unspecified atom stereocenters. The van der Waals surface area contributed by atoms with E-state index < -0.39 is 11.0 Å². The van der Waals surface area contributed by atoms with Crippen molar-refractivity contribution >= 4 is 23.5 Å². The second-order valence-electron chi connectivity index (χ2n) is 9.32. The fourth-order valence-corrected chi connectivity index (χ4v) is 6.45. The third-order valence-corrected chi connectivity index (χ3v) is 7.57. The van der Waals surface area contributed by atoms with Gasteiger partial charge >= 0.3 is 0 Å². The molecule has 6 rings (SSSR count). The molecule has 3 atom stereocenters. The number of hydrogen-bond acceptors (Lipinski definition) is 6. The van der Waals surface area contributed by atoms with Gasteiger partial charge in [-0.05, 0) is 50.5 Å². The Kier molecular flexibility index (Phi) is 4.31. The summed E-state index contributed by atoms with van der Waals surface area (Å²) in [5.74, 6) is 0.840. The Labute approximate surface area is 191 Å². The second-order valence-corrected chi connectivity index (χ2v) is 9.32. The highest BCUT2D eigenvalue weighted by Crippen LogP contribution is 2.64. The van der Waals surface area contributed by atoms with E-state index in [1.54, 1.807) is 18.6 Å². The first-order valence-electron chi connectivity index (χ1n) is 11.1. The maximum Gasteiger partial charge on any atom is 0.250 e. The predicted octanol–water partition coefficient (Wildman–Crippen LogP) is 3.33. The molecule has 1 aromatic carbocycles. The Balaban J connectivity index is 1.64. The van der Waals surface area contributed by atoms with E-state index in [0.717, 1.165) is 17.0 Å². The zero-order valence-electron chi connectivity index (χ0n) is 18.6. The van der Waals surface area contributed by atoms with Crippen molar-refractivity contribution in [3.05, 3.63) is 83.7 Å². The molecule has 2 saturated heterocycles. The van der Waals surface area contributed by atoms with Gasteiger partial charge in [0.2, 0.25) is 0 Å². The average Bonchev–Trinajstić information content (AvgIpc) is 3.57. The summed E-state index contributed by atoms with van der Waals surface area (Å²) in [6, 6.07) is 15.1. The van der Waals surface area contributed by atoms with Gasteiger partial charge in [0.15, 0.2) is 5.78 Å². The van der Waals surface area contributed by atoms with Gasteiger partial charge in [-0.3, -0.25) is 14.5 Å². The summed E-state index contributed by atoms with van der Waals surface area (Å²) in [6.07, 6.45) is 5.04. The number of Topliss-reactive ketones (excluding diaryl/α,β-unsaturated/α-hetero) is 1. The Bertz CT molecular complexity index is 1260. The molecule has 0 saturated carbocycles. The Morgan fingerprint density at radius 1 is 1.03 bits per heavy atom. The van der Waals surface area contributed by atoms with E-state index in [-0.39, 0.29) is 17.6 Å². The quantitative estimate of drug-likeness (QED) is 0.612. The molecule has 168 valence electrons. The number of benzene rings is 1. The molecule has 1 N–H and O–H groups in total. The van der Waals surface area contributed by atoms with Crippen molar-refractivity contribution in [1.82, 2.24) is 9.80 Å². The largest absolute Gasteiger partial charge is 0.469 e. The van der Waals surface area contributed by atoms with Gasteiger partial charge in [-0.2, -0.15) is 0 Å². The molecule has 2 aromatic heterocycles.